The third-order valence-corrected chi connectivity index (χ3v) is 2.98. The lowest BCUT2D eigenvalue weighted by molar-refractivity contribution is -0.133. The molecule has 1 aromatic carbocycles. The van der Waals surface area contributed by atoms with Crippen molar-refractivity contribution in [3.63, 3.8) is 0 Å². The van der Waals surface area contributed by atoms with E-state index in [1.807, 2.05) is 0 Å². The predicted octanol–water partition coefficient (Wildman–Crippen LogP) is 0.153. The third-order valence-electron chi connectivity index (χ3n) is 2.98. The second-order valence-corrected chi connectivity index (χ2v) is 4.28. The van der Waals surface area contributed by atoms with Crippen LogP contribution in [0.5, 0.6) is 5.75 Å². The van der Waals surface area contributed by atoms with E-state index in [-0.39, 0.29) is 12.5 Å². The molecule has 0 spiro atoms. The molecule has 0 aromatic heterocycles. The highest BCUT2D eigenvalue weighted by atomic mass is 16.5. The minimum atomic E-state index is -0.498. The molecule has 0 saturated heterocycles. The summed E-state index contributed by atoms with van der Waals surface area (Å²) in [6.07, 6.45) is 0. The topological polar surface area (TPSA) is 81.9 Å². The van der Waals surface area contributed by atoms with E-state index in [0.29, 0.717) is 31.0 Å². The van der Waals surface area contributed by atoms with E-state index < -0.39 is 5.91 Å². The Morgan fingerprint density at radius 3 is 3.00 bits per heavy atom. The molecule has 0 aliphatic carbocycles. The van der Waals surface area contributed by atoms with Gasteiger partial charge in [0, 0.05) is 31.3 Å². The van der Waals surface area contributed by atoms with Crippen LogP contribution in [0.2, 0.25) is 0 Å². The Morgan fingerprint density at radius 2 is 2.32 bits per heavy atom. The summed E-state index contributed by atoms with van der Waals surface area (Å²) < 4.78 is 10.4. The normalized spacial score (nSPS) is 14.6. The first-order valence-corrected chi connectivity index (χ1v) is 5.94. The summed E-state index contributed by atoms with van der Waals surface area (Å²) in [6, 6.07) is 4.93. The zero-order valence-electron chi connectivity index (χ0n) is 10.7. The second-order valence-electron chi connectivity index (χ2n) is 4.28. The Hall–Kier alpha value is -2.08. The van der Waals surface area contributed by atoms with Crippen LogP contribution in [-0.4, -0.2) is 43.6 Å². The average molecular weight is 264 g/mol. The summed E-state index contributed by atoms with van der Waals surface area (Å²) in [5.41, 5.74) is 6.43. The first-order valence-electron chi connectivity index (χ1n) is 5.94. The Morgan fingerprint density at radius 1 is 1.53 bits per heavy atom. The van der Waals surface area contributed by atoms with Gasteiger partial charge in [-0.05, 0) is 18.2 Å². The second kappa shape index (κ2) is 5.71. The molecule has 0 fully saturated rings. The lowest BCUT2D eigenvalue weighted by Crippen LogP contribution is -2.34. The van der Waals surface area contributed by atoms with Gasteiger partial charge in [-0.25, -0.2) is 0 Å². The molecule has 0 atom stereocenters. The fraction of sp³-hybridized carbons (Fsp3) is 0.385. The van der Waals surface area contributed by atoms with Crippen LogP contribution in [0.1, 0.15) is 15.9 Å². The van der Waals surface area contributed by atoms with Crippen LogP contribution in [0.3, 0.4) is 0 Å². The van der Waals surface area contributed by atoms with E-state index >= 15 is 0 Å². The van der Waals surface area contributed by atoms with E-state index in [1.54, 1.807) is 30.2 Å². The van der Waals surface area contributed by atoms with Crippen LogP contribution in [-0.2, 0) is 16.1 Å². The van der Waals surface area contributed by atoms with Gasteiger partial charge in [0.2, 0.25) is 5.91 Å². The number of nitrogens with two attached hydrogens (primary N) is 1. The fourth-order valence-corrected chi connectivity index (χ4v) is 1.93. The number of amides is 2. The van der Waals surface area contributed by atoms with Gasteiger partial charge in [0.15, 0.2) is 6.61 Å². The van der Waals surface area contributed by atoms with Gasteiger partial charge in [-0.15, -0.1) is 0 Å². The molecule has 102 valence electrons. The Kier molecular flexibility index (Phi) is 4.01. The zero-order valence-corrected chi connectivity index (χ0v) is 10.7. The maximum atomic E-state index is 11.9. The molecule has 0 bridgehead atoms. The number of benzene rings is 1. The predicted molar refractivity (Wildman–Crippen MR) is 67.7 cm³/mol. The first-order chi connectivity index (χ1) is 9.11. The molecule has 2 rings (SSSR count). The molecule has 1 aromatic rings. The molecule has 2 N–H and O–H groups in total. The Bertz CT molecular complexity index is 501. The minimum absolute atomic E-state index is 0.00731. The van der Waals surface area contributed by atoms with E-state index in [0.717, 1.165) is 5.56 Å². The smallest absolute Gasteiger partial charge is 0.260 e. The highest BCUT2D eigenvalue weighted by molar-refractivity contribution is 5.93. The number of rotatable bonds is 4. The summed E-state index contributed by atoms with van der Waals surface area (Å²) in [6.45, 7) is 1.32. The van der Waals surface area contributed by atoms with Crippen LogP contribution in [0.25, 0.3) is 0 Å². The standard InChI is InChI=1S/C13H16N2O4/c1-18-5-4-15-7-10-6-9(13(14)17)2-3-11(10)19-8-12(15)16/h2-3,6H,4-5,7-8H2,1H3,(H2,14,17). The number of methoxy groups -OCH3 is 1. The van der Waals surface area contributed by atoms with E-state index in [1.165, 1.54) is 0 Å². The number of primary amides is 1. The van der Waals surface area contributed by atoms with Gasteiger partial charge in [0.25, 0.3) is 5.91 Å². The average Bonchev–Trinajstić information content (AvgIpc) is 2.55. The van der Waals surface area contributed by atoms with Crippen molar-refractivity contribution in [1.82, 2.24) is 4.90 Å². The number of carbonyl (C=O) groups excluding carboxylic acids is 2. The highest BCUT2D eigenvalue weighted by Crippen LogP contribution is 2.24. The van der Waals surface area contributed by atoms with Gasteiger partial charge in [-0.1, -0.05) is 0 Å². The molecule has 1 heterocycles. The largest absolute Gasteiger partial charge is 0.483 e. The maximum Gasteiger partial charge on any atom is 0.260 e. The summed E-state index contributed by atoms with van der Waals surface area (Å²) in [5, 5.41) is 0. The minimum Gasteiger partial charge on any atom is -0.483 e. The lowest BCUT2D eigenvalue weighted by Gasteiger charge is -2.19. The van der Waals surface area contributed by atoms with E-state index in [4.69, 9.17) is 15.2 Å². The molecular weight excluding hydrogens is 248 g/mol. The molecule has 0 saturated carbocycles. The van der Waals surface area contributed by atoms with Crippen LogP contribution in [0.4, 0.5) is 0 Å². The number of carbonyl (C=O) groups is 2. The molecule has 6 heteroatoms. The maximum absolute atomic E-state index is 11.9. The van der Waals surface area contributed by atoms with Gasteiger partial charge in [-0.2, -0.15) is 0 Å². The number of hydrogen-bond acceptors (Lipinski definition) is 4. The third kappa shape index (κ3) is 3.03. The van der Waals surface area contributed by atoms with Crippen molar-refractivity contribution >= 4 is 11.8 Å². The molecule has 2 amide bonds. The van der Waals surface area contributed by atoms with Crippen molar-refractivity contribution < 1.29 is 19.1 Å². The summed E-state index contributed by atoms with van der Waals surface area (Å²) in [5.74, 6) is 0.00829. The van der Waals surface area contributed by atoms with Crippen molar-refractivity contribution in [2.75, 3.05) is 26.9 Å². The quantitative estimate of drug-likeness (QED) is 0.839. The number of ether oxygens (including phenoxy) is 2. The summed E-state index contributed by atoms with van der Waals surface area (Å²) >= 11 is 0. The van der Waals surface area contributed by atoms with Crippen LogP contribution < -0.4 is 10.5 Å². The van der Waals surface area contributed by atoms with Crippen LogP contribution >= 0.6 is 0 Å². The van der Waals surface area contributed by atoms with Gasteiger partial charge in [0.1, 0.15) is 5.75 Å². The van der Waals surface area contributed by atoms with Crippen molar-refractivity contribution in [3.8, 4) is 5.75 Å². The number of fused-ring (bicyclic) bond motifs is 1. The number of nitrogens with zero attached hydrogens (tertiary/aromatic N) is 1. The molecule has 6 nitrogen and oxygen atoms in total. The molecule has 1 aliphatic rings. The molecule has 0 unspecified atom stereocenters. The van der Waals surface area contributed by atoms with Crippen molar-refractivity contribution in [1.29, 1.82) is 0 Å². The monoisotopic (exact) mass is 264 g/mol. The van der Waals surface area contributed by atoms with Gasteiger partial charge in [-0.3, -0.25) is 9.59 Å². The van der Waals surface area contributed by atoms with Crippen molar-refractivity contribution in [3.05, 3.63) is 29.3 Å². The van der Waals surface area contributed by atoms with Gasteiger partial charge in [0.05, 0.1) is 6.61 Å². The van der Waals surface area contributed by atoms with Gasteiger partial charge < -0.3 is 20.1 Å². The first kappa shape index (κ1) is 13.4. The number of hydrogen-bond donors (Lipinski definition) is 1. The zero-order chi connectivity index (χ0) is 13.8. The summed E-state index contributed by atoms with van der Waals surface area (Å²) in [4.78, 5) is 24.7. The fourth-order valence-electron chi connectivity index (χ4n) is 1.93. The highest BCUT2D eigenvalue weighted by Gasteiger charge is 2.21. The van der Waals surface area contributed by atoms with Crippen LogP contribution in [0.15, 0.2) is 18.2 Å². The van der Waals surface area contributed by atoms with Crippen LogP contribution in [0, 0.1) is 0 Å². The molecule has 1 aliphatic heterocycles. The van der Waals surface area contributed by atoms with Gasteiger partial charge >= 0.3 is 0 Å². The lowest BCUT2D eigenvalue weighted by atomic mass is 10.1. The summed E-state index contributed by atoms with van der Waals surface area (Å²) in [7, 11) is 1.58. The SMILES string of the molecule is COCCN1Cc2cc(C(N)=O)ccc2OCC1=O. The molecule has 19 heavy (non-hydrogen) atoms. The van der Waals surface area contributed by atoms with E-state index in [2.05, 4.69) is 0 Å². The van der Waals surface area contributed by atoms with Crippen molar-refractivity contribution in [2.45, 2.75) is 6.54 Å². The molecule has 0 radical (unpaired) electrons. The molecular formula is C13H16N2O4. The Balaban J connectivity index is 2.25. The van der Waals surface area contributed by atoms with Crippen molar-refractivity contribution in [2.24, 2.45) is 5.73 Å². The Labute approximate surface area is 111 Å². The van der Waals surface area contributed by atoms with E-state index in [9.17, 15) is 9.59 Å².